The average molecular weight is 307 g/mol. The summed E-state index contributed by atoms with van der Waals surface area (Å²) in [6.07, 6.45) is 1.75. The molecule has 0 saturated carbocycles. The van der Waals surface area contributed by atoms with Crippen LogP contribution in [0.2, 0.25) is 0 Å². The summed E-state index contributed by atoms with van der Waals surface area (Å²) in [6.45, 7) is 3.78. The first-order valence-corrected chi connectivity index (χ1v) is 7.53. The molecule has 2 rings (SSSR count). The van der Waals surface area contributed by atoms with Crippen molar-refractivity contribution in [3.8, 4) is 5.75 Å². The minimum absolute atomic E-state index is 0.253. The zero-order chi connectivity index (χ0) is 15.6. The summed E-state index contributed by atoms with van der Waals surface area (Å²) in [5.74, 6) is -0.323. The van der Waals surface area contributed by atoms with E-state index in [0.29, 0.717) is 17.2 Å². The maximum Gasteiger partial charge on any atom is 0.323 e. The van der Waals surface area contributed by atoms with Gasteiger partial charge in [-0.15, -0.1) is 11.8 Å². The van der Waals surface area contributed by atoms with Crippen molar-refractivity contribution in [1.29, 1.82) is 0 Å². The van der Waals surface area contributed by atoms with Crippen LogP contribution in [0.5, 0.6) is 5.75 Å². The van der Waals surface area contributed by atoms with Crippen LogP contribution in [-0.2, 0) is 9.59 Å². The minimum Gasteiger partial charge on any atom is -0.507 e. The van der Waals surface area contributed by atoms with E-state index in [1.165, 1.54) is 16.7 Å². The molecule has 1 amide bonds. The molecule has 0 aromatic heterocycles. The molecule has 0 aliphatic carbocycles. The molecule has 6 heteroatoms. The summed E-state index contributed by atoms with van der Waals surface area (Å²) in [4.78, 5) is 24.9. The van der Waals surface area contributed by atoms with Crippen LogP contribution >= 0.6 is 11.8 Å². The van der Waals surface area contributed by atoms with E-state index < -0.39 is 5.97 Å². The lowest BCUT2D eigenvalue weighted by molar-refractivity contribution is -0.142. The molecule has 1 heterocycles. The number of thioether (sulfide) groups is 1. The molecule has 1 aromatic carbocycles. The molecular formula is C15H17NO4S. The summed E-state index contributed by atoms with van der Waals surface area (Å²) >= 11 is 1.43. The fraction of sp³-hybridized carbons (Fsp3) is 0.333. The third-order valence-electron chi connectivity index (χ3n) is 3.25. The van der Waals surface area contributed by atoms with Crippen LogP contribution < -0.4 is 0 Å². The quantitative estimate of drug-likeness (QED) is 0.835. The van der Waals surface area contributed by atoms with Gasteiger partial charge < -0.3 is 15.1 Å². The molecule has 5 nitrogen and oxygen atoms in total. The van der Waals surface area contributed by atoms with Gasteiger partial charge in [-0.25, -0.2) is 0 Å². The number of aromatic hydroxyl groups is 1. The molecule has 2 N–H and O–H groups in total. The predicted molar refractivity (Wildman–Crippen MR) is 82.2 cm³/mol. The van der Waals surface area contributed by atoms with Crippen molar-refractivity contribution in [3.05, 3.63) is 33.7 Å². The molecule has 0 atom stereocenters. The van der Waals surface area contributed by atoms with Gasteiger partial charge in [-0.2, -0.15) is 0 Å². The van der Waals surface area contributed by atoms with Crippen molar-refractivity contribution < 1.29 is 19.8 Å². The number of carboxylic acids is 1. The largest absolute Gasteiger partial charge is 0.507 e. The number of carboxylic acid groups (broad SMARTS) is 1. The van der Waals surface area contributed by atoms with E-state index in [4.69, 9.17) is 5.11 Å². The van der Waals surface area contributed by atoms with Gasteiger partial charge in [0.15, 0.2) is 0 Å². The number of hydrogen-bond acceptors (Lipinski definition) is 4. The summed E-state index contributed by atoms with van der Waals surface area (Å²) in [6, 6.07) is 3.61. The second-order valence-electron chi connectivity index (χ2n) is 4.98. The van der Waals surface area contributed by atoms with E-state index in [-0.39, 0.29) is 18.2 Å². The van der Waals surface area contributed by atoms with E-state index >= 15 is 0 Å². The Bertz CT molecular complexity index is 601. The number of hydrogen-bond donors (Lipinski definition) is 2. The molecule has 0 bridgehead atoms. The van der Waals surface area contributed by atoms with Gasteiger partial charge in [0.25, 0.3) is 5.91 Å². The van der Waals surface area contributed by atoms with E-state index in [2.05, 4.69) is 0 Å². The molecule has 1 fully saturated rings. The smallest absolute Gasteiger partial charge is 0.323 e. The highest BCUT2D eigenvalue weighted by molar-refractivity contribution is 8.04. The zero-order valence-corrected chi connectivity index (χ0v) is 12.7. The fourth-order valence-electron chi connectivity index (χ4n) is 2.23. The molecule has 0 spiro atoms. The number of aliphatic carboxylic acids is 1. The Balaban J connectivity index is 2.28. The van der Waals surface area contributed by atoms with Crippen molar-refractivity contribution in [2.75, 3.05) is 18.8 Å². The number of amides is 1. The number of phenolic OH excluding ortho intramolecular Hbond substituents is 1. The monoisotopic (exact) mass is 307 g/mol. The van der Waals surface area contributed by atoms with Gasteiger partial charge in [-0.1, -0.05) is 0 Å². The maximum atomic E-state index is 12.2. The Morgan fingerprint density at radius 1 is 1.38 bits per heavy atom. The van der Waals surface area contributed by atoms with Crippen LogP contribution in [0.25, 0.3) is 6.08 Å². The number of carbonyl (C=O) groups is 2. The Labute approximate surface area is 127 Å². The van der Waals surface area contributed by atoms with Gasteiger partial charge in [-0.3, -0.25) is 9.59 Å². The van der Waals surface area contributed by atoms with E-state index in [9.17, 15) is 14.7 Å². The Morgan fingerprint density at radius 2 is 2.00 bits per heavy atom. The van der Waals surface area contributed by atoms with Crippen molar-refractivity contribution in [2.24, 2.45) is 0 Å². The van der Waals surface area contributed by atoms with Crippen LogP contribution in [-0.4, -0.2) is 45.8 Å². The summed E-state index contributed by atoms with van der Waals surface area (Å²) in [5.41, 5.74) is 2.32. The Hall–Kier alpha value is -1.95. The minimum atomic E-state index is -1.01. The molecule has 0 radical (unpaired) electrons. The fourth-order valence-corrected chi connectivity index (χ4v) is 3.23. The number of rotatable bonds is 3. The Morgan fingerprint density at radius 3 is 2.57 bits per heavy atom. The Kier molecular flexibility index (Phi) is 4.57. The molecule has 1 saturated heterocycles. The highest BCUT2D eigenvalue weighted by Gasteiger charge is 2.25. The molecule has 0 unspecified atom stereocenters. The van der Waals surface area contributed by atoms with Gasteiger partial charge in [0.2, 0.25) is 0 Å². The predicted octanol–water partition coefficient (Wildman–Crippen LogP) is 2.01. The SMILES string of the molecule is Cc1cc(C=C2SCCN(CC(=O)O)C2=O)cc(C)c1O. The second-order valence-corrected chi connectivity index (χ2v) is 6.12. The van der Waals surface area contributed by atoms with Gasteiger partial charge in [-0.05, 0) is 48.7 Å². The average Bonchev–Trinajstić information content (AvgIpc) is 2.40. The van der Waals surface area contributed by atoms with Gasteiger partial charge in [0.1, 0.15) is 12.3 Å². The van der Waals surface area contributed by atoms with Crippen LogP contribution in [0.3, 0.4) is 0 Å². The van der Waals surface area contributed by atoms with Crippen molar-refractivity contribution in [2.45, 2.75) is 13.8 Å². The van der Waals surface area contributed by atoms with Crippen LogP contribution in [0.15, 0.2) is 17.0 Å². The van der Waals surface area contributed by atoms with E-state index in [1.54, 1.807) is 32.1 Å². The third kappa shape index (κ3) is 3.58. The third-order valence-corrected chi connectivity index (χ3v) is 4.24. The van der Waals surface area contributed by atoms with Crippen LogP contribution in [0.1, 0.15) is 16.7 Å². The van der Waals surface area contributed by atoms with Crippen molar-refractivity contribution in [1.82, 2.24) is 4.90 Å². The standard InChI is InChI=1S/C15H17NO4S/c1-9-5-11(6-10(2)14(9)19)7-12-15(20)16(3-4-21-12)8-13(17)18/h5-7,19H,3-4,8H2,1-2H3,(H,17,18). The van der Waals surface area contributed by atoms with E-state index in [1.807, 2.05) is 0 Å². The van der Waals surface area contributed by atoms with Crippen LogP contribution in [0, 0.1) is 13.8 Å². The van der Waals surface area contributed by atoms with Gasteiger partial charge in [0.05, 0.1) is 4.91 Å². The molecular weight excluding hydrogens is 290 g/mol. The summed E-state index contributed by atoms with van der Waals surface area (Å²) < 4.78 is 0. The van der Waals surface area contributed by atoms with E-state index in [0.717, 1.165) is 16.7 Å². The number of phenols is 1. The molecule has 112 valence electrons. The number of carbonyl (C=O) groups excluding carboxylic acids is 1. The molecule has 1 aliphatic rings. The lowest BCUT2D eigenvalue weighted by Crippen LogP contribution is -2.40. The van der Waals surface area contributed by atoms with Gasteiger partial charge in [0, 0.05) is 12.3 Å². The first-order chi connectivity index (χ1) is 9.88. The number of nitrogens with zero attached hydrogens (tertiary/aromatic N) is 1. The van der Waals surface area contributed by atoms with Crippen molar-refractivity contribution >= 4 is 29.7 Å². The highest BCUT2D eigenvalue weighted by atomic mass is 32.2. The van der Waals surface area contributed by atoms with Gasteiger partial charge >= 0.3 is 5.97 Å². The summed E-state index contributed by atoms with van der Waals surface area (Å²) in [5, 5.41) is 18.6. The normalized spacial score (nSPS) is 17.3. The zero-order valence-electron chi connectivity index (χ0n) is 11.9. The summed E-state index contributed by atoms with van der Waals surface area (Å²) in [7, 11) is 0. The highest BCUT2D eigenvalue weighted by Crippen LogP contribution is 2.29. The second kappa shape index (κ2) is 6.22. The topological polar surface area (TPSA) is 77.8 Å². The lowest BCUT2D eigenvalue weighted by Gasteiger charge is -2.26. The number of aryl methyl sites for hydroxylation is 2. The van der Waals surface area contributed by atoms with Crippen LogP contribution in [0.4, 0.5) is 0 Å². The molecule has 21 heavy (non-hydrogen) atoms. The molecule has 1 aromatic rings. The van der Waals surface area contributed by atoms with Crippen molar-refractivity contribution in [3.63, 3.8) is 0 Å². The maximum absolute atomic E-state index is 12.2. The first kappa shape index (κ1) is 15.4. The molecule has 1 aliphatic heterocycles. The number of benzene rings is 1. The first-order valence-electron chi connectivity index (χ1n) is 6.54. The lowest BCUT2D eigenvalue weighted by atomic mass is 10.1.